The molecule has 7 nitrogen and oxygen atoms in total. The molecule has 1 aliphatic carbocycles. The fraction of sp³-hybridized carbons (Fsp3) is 0.417. The highest BCUT2D eigenvalue weighted by Gasteiger charge is 2.50. The van der Waals surface area contributed by atoms with Crippen LogP contribution in [0.3, 0.4) is 0 Å². The number of aromatic amines is 1. The number of benzene rings is 2. The highest BCUT2D eigenvalue weighted by Crippen LogP contribution is 2.46. The first-order chi connectivity index (χ1) is 14.9. The standard InChI is InChI=1S/C24H30N6O/c1-25-21-26-19-10-9-18(15-20(19)27-21)30-16-23(28-22(30)31)11-13-24(14-12-23,29(2)3)17-7-5-4-6-8-17/h4-10,15H,11-14,16H2,1-3H3,(H,28,31)(H2,25,26,27)/t23-,24+. The molecule has 1 saturated heterocycles. The van der Waals surface area contributed by atoms with Crippen LogP contribution < -0.4 is 15.5 Å². The molecule has 0 bridgehead atoms. The topological polar surface area (TPSA) is 76.3 Å². The molecule has 1 saturated carbocycles. The van der Waals surface area contributed by atoms with Gasteiger partial charge in [-0.25, -0.2) is 9.78 Å². The van der Waals surface area contributed by atoms with E-state index >= 15 is 0 Å². The lowest BCUT2D eigenvalue weighted by molar-refractivity contribution is 0.0658. The normalized spacial score (nSPS) is 26.1. The minimum absolute atomic E-state index is 0.0132. The minimum atomic E-state index is -0.179. The Morgan fingerprint density at radius 3 is 2.48 bits per heavy atom. The number of amides is 2. The van der Waals surface area contributed by atoms with Crippen molar-refractivity contribution >= 4 is 28.7 Å². The average Bonchev–Trinajstić information content (AvgIpc) is 3.35. The van der Waals surface area contributed by atoms with E-state index in [4.69, 9.17) is 0 Å². The third kappa shape index (κ3) is 3.24. The van der Waals surface area contributed by atoms with Gasteiger partial charge in [-0.15, -0.1) is 0 Å². The molecule has 2 aromatic carbocycles. The van der Waals surface area contributed by atoms with Gasteiger partial charge in [0, 0.05) is 18.3 Å². The number of hydrogen-bond donors (Lipinski definition) is 3. The van der Waals surface area contributed by atoms with Crippen LogP contribution in [0.5, 0.6) is 0 Å². The van der Waals surface area contributed by atoms with Gasteiger partial charge in [-0.1, -0.05) is 30.3 Å². The Bertz CT molecular complexity index is 1100. The van der Waals surface area contributed by atoms with Crippen LogP contribution >= 0.6 is 0 Å². The van der Waals surface area contributed by atoms with Crippen LogP contribution in [-0.4, -0.2) is 54.1 Å². The number of rotatable bonds is 4. The van der Waals surface area contributed by atoms with Gasteiger partial charge in [0.2, 0.25) is 5.95 Å². The van der Waals surface area contributed by atoms with Gasteiger partial charge in [0.1, 0.15) is 0 Å². The van der Waals surface area contributed by atoms with Crippen molar-refractivity contribution in [3.05, 3.63) is 54.1 Å². The van der Waals surface area contributed by atoms with Gasteiger partial charge < -0.3 is 15.6 Å². The maximum absolute atomic E-state index is 13.0. The van der Waals surface area contributed by atoms with E-state index in [9.17, 15) is 4.79 Å². The van der Waals surface area contributed by atoms with Gasteiger partial charge in [-0.2, -0.15) is 0 Å². The summed E-state index contributed by atoms with van der Waals surface area (Å²) in [4.78, 5) is 25.0. The van der Waals surface area contributed by atoms with Gasteiger partial charge in [0.15, 0.2) is 0 Å². The Kier molecular flexibility index (Phi) is 4.66. The fourth-order valence-electron chi connectivity index (χ4n) is 5.37. The molecule has 1 spiro atoms. The SMILES string of the molecule is CNc1nc2cc(N3C[C@]4(CC[C@](c5ccccc5)(N(C)C)CC4)NC3=O)ccc2[nH]1. The average molecular weight is 419 g/mol. The maximum atomic E-state index is 13.0. The smallest absolute Gasteiger partial charge is 0.322 e. The molecule has 3 N–H and O–H groups in total. The summed E-state index contributed by atoms with van der Waals surface area (Å²) >= 11 is 0. The van der Waals surface area contributed by atoms with E-state index in [0.717, 1.165) is 48.4 Å². The van der Waals surface area contributed by atoms with E-state index in [1.54, 1.807) is 0 Å². The summed E-state index contributed by atoms with van der Waals surface area (Å²) in [5.74, 6) is 0.725. The Hall–Kier alpha value is -3.06. The predicted octanol–water partition coefficient (Wildman–Crippen LogP) is 3.90. The zero-order valence-corrected chi connectivity index (χ0v) is 18.4. The van der Waals surface area contributed by atoms with Crippen LogP contribution in [0.25, 0.3) is 11.0 Å². The molecule has 162 valence electrons. The molecule has 1 aliphatic heterocycles. The van der Waals surface area contributed by atoms with Crippen LogP contribution in [0, 0.1) is 0 Å². The first-order valence-electron chi connectivity index (χ1n) is 10.9. The number of fused-ring (bicyclic) bond motifs is 1. The highest BCUT2D eigenvalue weighted by atomic mass is 16.2. The third-order valence-electron chi connectivity index (χ3n) is 7.29. The van der Waals surface area contributed by atoms with E-state index in [1.165, 1.54) is 5.56 Å². The van der Waals surface area contributed by atoms with Crippen LogP contribution in [0.2, 0.25) is 0 Å². The fourth-order valence-corrected chi connectivity index (χ4v) is 5.37. The molecule has 0 unspecified atom stereocenters. The second-order valence-corrected chi connectivity index (χ2v) is 9.13. The molecule has 0 atom stereocenters. The number of nitrogens with one attached hydrogen (secondary N) is 3. The van der Waals surface area contributed by atoms with Crippen molar-refractivity contribution in [1.29, 1.82) is 0 Å². The highest BCUT2D eigenvalue weighted by molar-refractivity contribution is 5.97. The Morgan fingerprint density at radius 2 is 1.81 bits per heavy atom. The van der Waals surface area contributed by atoms with Gasteiger partial charge >= 0.3 is 6.03 Å². The molecule has 2 amide bonds. The maximum Gasteiger partial charge on any atom is 0.322 e. The molecule has 7 heteroatoms. The summed E-state index contributed by atoms with van der Waals surface area (Å²) in [7, 11) is 6.18. The van der Waals surface area contributed by atoms with E-state index in [2.05, 4.69) is 69.9 Å². The molecule has 31 heavy (non-hydrogen) atoms. The molecular formula is C24H30N6O. The zero-order valence-electron chi connectivity index (χ0n) is 18.4. The molecule has 2 fully saturated rings. The largest absolute Gasteiger partial charge is 0.359 e. The van der Waals surface area contributed by atoms with Gasteiger partial charge in [0.25, 0.3) is 0 Å². The lowest BCUT2D eigenvalue weighted by Crippen LogP contribution is -2.54. The third-order valence-corrected chi connectivity index (χ3v) is 7.29. The number of urea groups is 1. The number of hydrogen-bond acceptors (Lipinski definition) is 4. The quantitative estimate of drug-likeness (QED) is 0.601. The lowest BCUT2D eigenvalue weighted by Gasteiger charge is -2.48. The first-order valence-corrected chi connectivity index (χ1v) is 10.9. The molecular weight excluding hydrogens is 388 g/mol. The van der Waals surface area contributed by atoms with Gasteiger partial charge in [0.05, 0.1) is 23.1 Å². The van der Waals surface area contributed by atoms with Gasteiger partial charge in [-0.3, -0.25) is 9.80 Å². The monoisotopic (exact) mass is 418 g/mol. The molecule has 5 rings (SSSR count). The molecule has 2 aliphatic rings. The van der Waals surface area contributed by atoms with E-state index in [-0.39, 0.29) is 17.1 Å². The van der Waals surface area contributed by atoms with Crippen LogP contribution in [0.1, 0.15) is 31.2 Å². The van der Waals surface area contributed by atoms with E-state index in [0.29, 0.717) is 6.54 Å². The summed E-state index contributed by atoms with van der Waals surface area (Å²) in [6.45, 7) is 0.693. The molecule has 2 heterocycles. The van der Waals surface area contributed by atoms with Crippen molar-refractivity contribution in [3.63, 3.8) is 0 Å². The molecule has 3 aromatic rings. The number of carbonyl (C=O) groups is 1. The Morgan fingerprint density at radius 1 is 1.06 bits per heavy atom. The number of anilines is 2. The molecule has 1 aromatic heterocycles. The number of carbonyl (C=O) groups excluding carboxylic acids is 1. The Labute approximate surface area is 182 Å². The summed E-state index contributed by atoms with van der Waals surface area (Å²) in [5.41, 5.74) is 3.90. The van der Waals surface area contributed by atoms with Crippen LogP contribution in [0.4, 0.5) is 16.4 Å². The predicted molar refractivity (Wildman–Crippen MR) is 125 cm³/mol. The number of H-pyrrole nitrogens is 1. The van der Waals surface area contributed by atoms with Crippen molar-refractivity contribution in [2.45, 2.75) is 36.8 Å². The summed E-state index contributed by atoms with van der Waals surface area (Å²) in [6, 6.07) is 16.7. The zero-order chi connectivity index (χ0) is 21.6. The van der Waals surface area contributed by atoms with Gasteiger partial charge in [-0.05, 0) is 63.5 Å². The second kappa shape index (κ2) is 7.27. The number of imidazole rings is 1. The Balaban J connectivity index is 1.38. The second-order valence-electron chi connectivity index (χ2n) is 9.13. The van der Waals surface area contributed by atoms with Crippen molar-refractivity contribution in [2.75, 3.05) is 37.9 Å². The first kappa shape index (κ1) is 19.9. The van der Waals surface area contributed by atoms with Crippen molar-refractivity contribution < 1.29 is 4.79 Å². The lowest BCUT2D eigenvalue weighted by atomic mass is 9.69. The molecule has 0 radical (unpaired) electrons. The minimum Gasteiger partial charge on any atom is -0.359 e. The summed E-state index contributed by atoms with van der Waals surface area (Å²) in [6.07, 6.45) is 3.94. The van der Waals surface area contributed by atoms with E-state index < -0.39 is 0 Å². The van der Waals surface area contributed by atoms with E-state index in [1.807, 2.05) is 30.1 Å². The summed E-state index contributed by atoms with van der Waals surface area (Å²) < 4.78 is 0. The summed E-state index contributed by atoms with van der Waals surface area (Å²) in [5, 5.41) is 6.37. The number of aromatic nitrogens is 2. The van der Waals surface area contributed by atoms with Crippen LogP contribution in [-0.2, 0) is 5.54 Å². The van der Waals surface area contributed by atoms with Crippen molar-refractivity contribution in [2.24, 2.45) is 0 Å². The van der Waals surface area contributed by atoms with Crippen molar-refractivity contribution in [3.8, 4) is 0 Å². The van der Waals surface area contributed by atoms with Crippen LogP contribution in [0.15, 0.2) is 48.5 Å². The number of nitrogens with zero attached hydrogens (tertiary/aromatic N) is 3. The van der Waals surface area contributed by atoms with Crippen molar-refractivity contribution in [1.82, 2.24) is 20.2 Å².